The van der Waals surface area contributed by atoms with Crippen molar-refractivity contribution in [2.75, 3.05) is 19.6 Å². The van der Waals surface area contributed by atoms with Crippen molar-refractivity contribution in [3.05, 3.63) is 53.3 Å². The summed E-state index contributed by atoms with van der Waals surface area (Å²) in [6, 6.07) is 9.50. The van der Waals surface area contributed by atoms with Crippen molar-refractivity contribution in [2.45, 2.75) is 25.0 Å². The molecule has 2 heterocycles. The molecule has 4 nitrogen and oxygen atoms in total. The van der Waals surface area contributed by atoms with Crippen LogP contribution in [0.15, 0.2) is 42.7 Å². The average molecular weight is 306 g/mol. The Balaban J connectivity index is 1.55. The minimum atomic E-state index is -0.715. The van der Waals surface area contributed by atoms with Gasteiger partial charge in [-0.25, -0.2) is 0 Å². The molecule has 0 radical (unpaired) electrons. The van der Waals surface area contributed by atoms with E-state index in [9.17, 15) is 5.11 Å². The molecule has 0 atom stereocenters. The highest BCUT2D eigenvalue weighted by Gasteiger charge is 2.33. The number of likely N-dealkylation sites (tertiary alicyclic amines) is 1. The van der Waals surface area contributed by atoms with E-state index in [2.05, 4.69) is 10.00 Å². The molecule has 0 saturated carbocycles. The molecule has 112 valence electrons. The van der Waals surface area contributed by atoms with Crippen LogP contribution >= 0.6 is 11.6 Å². The van der Waals surface area contributed by atoms with Crippen LogP contribution in [0.3, 0.4) is 0 Å². The van der Waals surface area contributed by atoms with Gasteiger partial charge in [-0.2, -0.15) is 5.10 Å². The summed E-state index contributed by atoms with van der Waals surface area (Å²) in [6.07, 6.45) is 5.30. The Kier molecular flexibility index (Phi) is 4.29. The molecule has 1 aromatic heterocycles. The Bertz CT molecular complexity index is 560. The topological polar surface area (TPSA) is 41.3 Å². The molecule has 3 rings (SSSR count). The third-order valence-electron chi connectivity index (χ3n) is 4.27. The van der Waals surface area contributed by atoms with E-state index in [1.807, 2.05) is 41.2 Å². The van der Waals surface area contributed by atoms with E-state index in [1.165, 1.54) is 0 Å². The number of benzene rings is 1. The van der Waals surface area contributed by atoms with Gasteiger partial charge in [0, 0.05) is 37.1 Å². The van der Waals surface area contributed by atoms with Crippen LogP contribution in [0.25, 0.3) is 0 Å². The normalized spacial score (nSPS) is 18.8. The van der Waals surface area contributed by atoms with Gasteiger partial charge in [-0.15, -0.1) is 0 Å². The fourth-order valence-electron chi connectivity index (χ4n) is 2.87. The Morgan fingerprint density at radius 1 is 1.14 bits per heavy atom. The van der Waals surface area contributed by atoms with Crippen molar-refractivity contribution in [2.24, 2.45) is 0 Å². The Morgan fingerprint density at radius 3 is 2.48 bits per heavy atom. The lowest BCUT2D eigenvalue weighted by Gasteiger charge is -2.38. The Morgan fingerprint density at radius 2 is 1.86 bits per heavy atom. The van der Waals surface area contributed by atoms with Crippen LogP contribution in [0.2, 0.25) is 5.02 Å². The van der Waals surface area contributed by atoms with Gasteiger partial charge in [-0.1, -0.05) is 23.7 Å². The summed E-state index contributed by atoms with van der Waals surface area (Å²) in [5.41, 5.74) is 0.255. The lowest BCUT2D eigenvalue weighted by molar-refractivity contribution is -0.0265. The summed E-state index contributed by atoms with van der Waals surface area (Å²) in [7, 11) is 0. The van der Waals surface area contributed by atoms with E-state index in [-0.39, 0.29) is 0 Å². The first kappa shape index (κ1) is 14.6. The molecule has 2 aromatic rings. The monoisotopic (exact) mass is 305 g/mol. The van der Waals surface area contributed by atoms with Gasteiger partial charge >= 0.3 is 0 Å². The van der Waals surface area contributed by atoms with Crippen LogP contribution in [-0.4, -0.2) is 39.4 Å². The number of aromatic nitrogens is 2. The average Bonchev–Trinajstić information content (AvgIpc) is 3.01. The fraction of sp³-hybridized carbons (Fsp3) is 0.438. The lowest BCUT2D eigenvalue weighted by atomic mass is 9.84. The third-order valence-corrected chi connectivity index (χ3v) is 4.52. The number of aliphatic hydroxyl groups is 1. The highest BCUT2D eigenvalue weighted by molar-refractivity contribution is 6.30. The molecule has 1 aliphatic rings. The number of piperidine rings is 1. The number of halogens is 1. The number of rotatable bonds is 4. The molecule has 0 unspecified atom stereocenters. The molecule has 1 aromatic carbocycles. The number of hydrogen-bond donors (Lipinski definition) is 1. The Labute approximate surface area is 130 Å². The molecular formula is C16H20ClN3O. The van der Waals surface area contributed by atoms with Gasteiger partial charge in [0.1, 0.15) is 0 Å². The molecular weight excluding hydrogens is 286 g/mol. The molecule has 0 spiro atoms. The van der Waals surface area contributed by atoms with E-state index in [0.717, 1.165) is 44.6 Å². The zero-order valence-corrected chi connectivity index (χ0v) is 12.7. The minimum Gasteiger partial charge on any atom is -0.385 e. The maximum absolute atomic E-state index is 10.8. The highest BCUT2D eigenvalue weighted by Crippen LogP contribution is 2.33. The summed E-state index contributed by atoms with van der Waals surface area (Å²) in [5, 5.41) is 15.7. The van der Waals surface area contributed by atoms with Crippen LogP contribution in [0.5, 0.6) is 0 Å². The van der Waals surface area contributed by atoms with E-state index >= 15 is 0 Å². The summed E-state index contributed by atoms with van der Waals surface area (Å²) in [6.45, 7) is 3.67. The quantitative estimate of drug-likeness (QED) is 0.944. The van der Waals surface area contributed by atoms with Gasteiger partial charge in [-0.05, 0) is 36.6 Å². The first-order chi connectivity index (χ1) is 10.2. The zero-order chi connectivity index (χ0) is 14.7. The first-order valence-electron chi connectivity index (χ1n) is 7.34. The largest absolute Gasteiger partial charge is 0.385 e. The van der Waals surface area contributed by atoms with Gasteiger partial charge < -0.3 is 10.0 Å². The molecule has 1 fully saturated rings. The highest BCUT2D eigenvalue weighted by atomic mass is 35.5. The fourth-order valence-corrected chi connectivity index (χ4v) is 3.00. The van der Waals surface area contributed by atoms with E-state index in [0.29, 0.717) is 5.02 Å². The molecule has 1 aliphatic heterocycles. The first-order valence-corrected chi connectivity index (χ1v) is 7.72. The van der Waals surface area contributed by atoms with Crippen molar-refractivity contribution in [1.29, 1.82) is 0 Å². The van der Waals surface area contributed by atoms with Crippen molar-refractivity contribution in [3.63, 3.8) is 0 Å². The van der Waals surface area contributed by atoms with Gasteiger partial charge in [0.2, 0.25) is 0 Å². The maximum atomic E-state index is 10.8. The van der Waals surface area contributed by atoms with Gasteiger partial charge in [0.15, 0.2) is 0 Å². The predicted molar refractivity (Wildman–Crippen MR) is 83.2 cm³/mol. The van der Waals surface area contributed by atoms with Crippen LogP contribution < -0.4 is 0 Å². The molecule has 21 heavy (non-hydrogen) atoms. The van der Waals surface area contributed by atoms with Crippen LogP contribution in [0.4, 0.5) is 0 Å². The van der Waals surface area contributed by atoms with Crippen LogP contribution in [0, 0.1) is 0 Å². The van der Waals surface area contributed by atoms with Crippen molar-refractivity contribution in [1.82, 2.24) is 14.7 Å². The lowest BCUT2D eigenvalue weighted by Crippen LogP contribution is -2.43. The molecule has 0 bridgehead atoms. The number of hydrogen-bond acceptors (Lipinski definition) is 3. The SMILES string of the molecule is OC1(c2ccc(Cl)cc2)CCN(CCn2cccn2)CC1. The van der Waals surface area contributed by atoms with Crippen molar-refractivity contribution >= 4 is 11.6 Å². The summed E-state index contributed by atoms with van der Waals surface area (Å²) in [4.78, 5) is 2.38. The smallest absolute Gasteiger partial charge is 0.0920 e. The molecule has 5 heteroatoms. The predicted octanol–water partition coefficient (Wildman–Crippen LogP) is 2.52. The van der Waals surface area contributed by atoms with Gasteiger partial charge in [0.05, 0.1) is 12.1 Å². The third kappa shape index (κ3) is 3.46. The van der Waals surface area contributed by atoms with E-state index in [1.54, 1.807) is 6.20 Å². The van der Waals surface area contributed by atoms with E-state index in [4.69, 9.17) is 11.6 Å². The van der Waals surface area contributed by atoms with Crippen LogP contribution in [0.1, 0.15) is 18.4 Å². The Hall–Kier alpha value is -1.36. The van der Waals surface area contributed by atoms with Crippen molar-refractivity contribution in [3.8, 4) is 0 Å². The standard InChI is InChI=1S/C16H20ClN3O/c17-15-4-2-14(3-5-15)16(21)6-10-19(11-7-16)12-13-20-9-1-8-18-20/h1-5,8-9,21H,6-7,10-13H2. The molecule has 0 amide bonds. The summed E-state index contributed by atoms with van der Waals surface area (Å²) in [5.74, 6) is 0. The van der Waals surface area contributed by atoms with Crippen LogP contribution in [-0.2, 0) is 12.1 Å². The summed E-state index contributed by atoms with van der Waals surface area (Å²) >= 11 is 5.91. The molecule has 1 N–H and O–H groups in total. The maximum Gasteiger partial charge on any atom is 0.0920 e. The number of nitrogens with zero attached hydrogens (tertiary/aromatic N) is 3. The van der Waals surface area contributed by atoms with Crippen molar-refractivity contribution < 1.29 is 5.11 Å². The van der Waals surface area contributed by atoms with E-state index < -0.39 is 5.60 Å². The molecule has 1 saturated heterocycles. The summed E-state index contributed by atoms with van der Waals surface area (Å²) < 4.78 is 1.94. The van der Waals surface area contributed by atoms with Gasteiger partial charge in [-0.3, -0.25) is 4.68 Å². The second-order valence-corrected chi connectivity index (χ2v) is 6.09. The molecule has 0 aliphatic carbocycles. The van der Waals surface area contributed by atoms with Gasteiger partial charge in [0.25, 0.3) is 0 Å². The minimum absolute atomic E-state index is 0.707. The second-order valence-electron chi connectivity index (χ2n) is 5.65. The zero-order valence-electron chi connectivity index (χ0n) is 12.0. The second kappa shape index (κ2) is 6.18.